The molecule has 1 saturated heterocycles. The number of aromatic nitrogens is 1. The molecule has 1 fully saturated rings. The van der Waals surface area contributed by atoms with Gasteiger partial charge in [0.1, 0.15) is 24.2 Å². The van der Waals surface area contributed by atoms with E-state index in [0.717, 1.165) is 44.0 Å². The van der Waals surface area contributed by atoms with Gasteiger partial charge < -0.3 is 15.0 Å². The van der Waals surface area contributed by atoms with Gasteiger partial charge in [-0.05, 0) is 37.1 Å². The fourth-order valence-corrected chi connectivity index (χ4v) is 2.90. The van der Waals surface area contributed by atoms with Crippen LogP contribution in [0.4, 0.5) is 5.82 Å². The molecule has 1 aliphatic heterocycles. The standard InChI is InChI=1S/C19H22N4O/c20-14-16-6-7-19(22-15-16)23-11-8-17(9-12-23)21-10-13-24-18-4-2-1-3-5-18/h1-7,15,17,21H,8-13H2. The smallest absolute Gasteiger partial charge is 0.128 e. The molecule has 0 spiro atoms. The average molecular weight is 322 g/mol. The van der Waals surface area contributed by atoms with Crippen LogP contribution in [-0.2, 0) is 0 Å². The van der Waals surface area contributed by atoms with E-state index in [0.29, 0.717) is 18.2 Å². The van der Waals surface area contributed by atoms with Crippen LogP contribution in [0.5, 0.6) is 5.75 Å². The molecule has 5 nitrogen and oxygen atoms in total. The average Bonchev–Trinajstić information content (AvgIpc) is 2.67. The van der Waals surface area contributed by atoms with Crippen molar-refractivity contribution in [3.8, 4) is 11.8 Å². The predicted molar refractivity (Wildman–Crippen MR) is 94.1 cm³/mol. The van der Waals surface area contributed by atoms with E-state index in [9.17, 15) is 0 Å². The van der Waals surface area contributed by atoms with Gasteiger partial charge in [0.05, 0.1) is 5.56 Å². The zero-order chi connectivity index (χ0) is 16.6. The second-order valence-electron chi connectivity index (χ2n) is 5.89. The Labute approximate surface area is 142 Å². The van der Waals surface area contributed by atoms with Gasteiger partial charge in [0.2, 0.25) is 0 Å². The molecule has 1 aromatic carbocycles. The first kappa shape index (κ1) is 16.3. The van der Waals surface area contributed by atoms with Crippen LogP contribution in [0.2, 0.25) is 0 Å². The number of nitrogens with zero attached hydrogens (tertiary/aromatic N) is 3. The number of ether oxygens (including phenoxy) is 1. The monoisotopic (exact) mass is 322 g/mol. The lowest BCUT2D eigenvalue weighted by Gasteiger charge is -2.33. The minimum atomic E-state index is 0.527. The fourth-order valence-electron chi connectivity index (χ4n) is 2.90. The van der Waals surface area contributed by atoms with Crippen LogP contribution in [0.1, 0.15) is 18.4 Å². The SMILES string of the molecule is N#Cc1ccc(N2CCC(NCCOc3ccccc3)CC2)nc1. The van der Waals surface area contributed by atoms with Gasteiger partial charge in [0, 0.05) is 31.9 Å². The summed E-state index contributed by atoms with van der Waals surface area (Å²) >= 11 is 0. The number of nitrogens with one attached hydrogen (secondary N) is 1. The Bertz CT molecular complexity index is 658. The number of hydrogen-bond acceptors (Lipinski definition) is 5. The molecule has 0 radical (unpaired) electrons. The Kier molecular flexibility index (Phi) is 5.65. The van der Waals surface area contributed by atoms with E-state index in [4.69, 9.17) is 10.00 Å². The van der Waals surface area contributed by atoms with Gasteiger partial charge in [0.25, 0.3) is 0 Å². The lowest BCUT2D eigenvalue weighted by Crippen LogP contribution is -2.43. The van der Waals surface area contributed by atoms with Gasteiger partial charge >= 0.3 is 0 Å². The number of piperidine rings is 1. The van der Waals surface area contributed by atoms with Crippen molar-refractivity contribution in [1.82, 2.24) is 10.3 Å². The second kappa shape index (κ2) is 8.32. The first-order valence-electron chi connectivity index (χ1n) is 8.37. The highest BCUT2D eigenvalue weighted by molar-refractivity contribution is 5.42. The Morgan fingerprint density at radius 1 is 1.17 bits per heavy atom. The lowest BCUT2D eigenvalue weighted by molar-refractivity contribution is 0.296. The predicted octanol–water partition coefficient (Wildman–Crippen LogP) is 2.59. The third-order valence-corrected chi connectivity index (χ3v) is 4.24. The van der Waals surface area contributed by atoms with E-state index in [1.165, 1.54) is 0 Å². The van der Waals surface area contributed by atoms with Crippen molar-refractivity contribution in [1.29, 1.82) is 5.26 Å². The summed E-state index contributed by atoms with van der Waals surface area (Å²) in [6.45, 7) is 3.50. The molecule has 0 bridgehead atoms. The largest absolute Gasteiger partial charge is 0.492 e. The molecule has 1 aromatic heterocycles. The molecular formula is C19H22N4O. The van der Waals surface area contributed by atoms with Gasteiger partial charge in [-0.2, -0.15) is 5.26 Å². The number of hydrogen-bond donors (Lipinski definition) is 1. The topological polar surface area (TPSA) is 61.2 Å². The second-order valence-corrected chi connectivity index (χ2v) is 5.89. The van der Waals surface area contributed by atoms with E-state index < -0.39 is 0 Å². The highest BCUT2D eigenvalue weighted by atomic mass is 16.5. The molecule has 2 aromatic rings. The summed E-state index contributed by atoms with van der Waals surface area (Å²) in [7, 11) is 0. The van der Waals surface area contributed by atoms with E-state index in [2.05, 4.69) is 21.3 Å². The van der Waals surface area contributed by atoms with Gasteiger partial charge in [-0.15, -0.1) is 0 Å². The molecule has 0 amide bonds. The molecule has 1 aliphatic rings. The maximum Gasteiger partial charge on any atom is 0.128 e. The van der Waals surface area contributed by atoms with Crippen LogP contribution in [-0.4, -0.2) is 37.3 Å². The third-order valence-electron chi connectivity index (χ3n) is 4.24. The number of nitriles is 1. The molecule has 5 heteroatoms. The van der Waals surface area contributed by atoms with Crippen molar-refractivity contribution in [3.63, 3.8) is 0 Å². The minimum Gasteiger partial charge on any atom is -0.492 e. The van der Waals surface area contributed by atoms with Crippen molar-refractivity contribution >= 4 is 5.82 Å². The van der Waals surface area contributed by atoms with Crippen LogP contribution in [0.3, 0.4) is 0 Å². The number of rotatable bonds is 6. The highest BCUT2D eigenvalue weighted by Gasteiger charge is 2.19. The summed E-state index contributed by atoms with van der Waals surface area (Å²) in [5.74, 6) is 1.88. The molecular weight excluding hydrogens is 300 g/mol. The van der Waals surface area contributed by atoms with E-state index in [1.54, 1.807) is 6.20 Å². The lowest BCUT2D eigenvalue weighted by atomic mass is 10.1. The molecule has 2 heterocycles. The maximum atomic E-state index is 8.83. The Morgan fingerprint density at radius 3 is 2.62 bits per heavy atom. The summed E-state index contributed by atoms with van der Waals surface area (Å²) in [6.07, 6.45) is 3.82. The van der Waals surface area contributed by atoms with Crippen molar-refractivity contribution in [2.45, 2.75) is 18.9 Å². The van der Waals surface area contributed by atoms with E-state index in [1.807, 2.05) is 42.5 Å². The Morgan fingerprint density at radius 2 is 1.96 bits per heavy atom. The van der Waals surface area contributed by atoms with Gasteiger partial charge in [0.15, 0.2) is 0 Å². The van der Waals surface area contributed by atoms with Crippen molar-refractivity contribution < 1.29 is 4.74 Å². The molecule has 3 rings (SSSR count). The van der Waals surface area contributed by atoms with Crippen molar-refractivity contribution in [2.24, 2.45) is 0 Å². The number of para-hydroxylation sites is 1. The summed E-state index contributed by atoms with van der Waals surface area (Å²) < 4.78 is 5.70. The van der Waals surface area contributed by atoms with Crippen molar-refractivity contribution in [2.75, 3.05) is 31.1 Å². The van der Waals surface area contributed by atoms with E-state index in [-0.39, 0.29) is 0 Å². The molecule has 0 aliphatic carbocycles. The zero-order valence-corrected chi connectivity index (χ0v) is 13.7. The van der Waals surface area contributed by atoms with Crippen LogP contribution >= 0.6 is 0 Å². The van der Waals surface area contributed by atoms with Gasteiger partial charge in [-0.25, -0.2) is 4.98 Å². The molecule has 24 heavy (non-hydrogen) atoms. The summed E-state index contributed by atoms with van der Waals surface area (Å²) in [5, 5.41) is 12.4. The first-order valence-corrected chi connectivity index (χ1v) is 8.37. The summed E-state index contributed by atoms with van der Waals surface area (Å²) in [5.41, 5.74) is 0.605. The van der Waals surface area contributed by atoms with Crippen molar-refractivity contribution in [3.05, 3.63) is 54.2 Å². The quantitative estimate of drug-likeness (QED) is 0.828. The molecule has 0 unspecified atom stereocenters. The van der Waals surface area contributed by atoms with Crippen LogP contribution in [0.25, 0.3) is 0 Å². The summed E-state index contributed by atoms with van der Waals surface area (Å²) in [4.78, 5) is 6.65. The number of pyridine rings is 1. The Balaban J connectivity index is 1.36. The van der Waals surface area contributed by atoms with Crippen LogP contribution in [0.15, 0.2) is 48.7 Å². The van der Waals surface area contributed by atoms with Gasteiger partial charge in [-0.1, -0.05) is 18.2 Å². The number of benzene rings is 1. The zero-order valence-electron chi connectivity index (χ0n) is 13.7. The maximum absolute atomic E-state index is 8.83. The molecule has 0 atom stereocenters. The van der Waals surface area contributed by atoms with Gasteiger partial charge in [-0.3, -0.25) is 0 Å². The van der Waals surface area contributed by atoms with Crippen LogP contribution in [0, 0.1) is 11.3 Å². The molecule has 124 valence electrons. The first-order chi connectivity index (χ1) is 11.8. The number of anilines is 1. The Hall–Kier alpha value is -2.58. The normalized spacial score (nSPS) is 15.0. The third kappa shape index (κ3) is 4.46. The molecule has 1 N–H and O–H groups in total. The fraction of sp³-hybridized carbons (Fsp3) is 0.368. The summed E-state index contributed by atoms with van der Waals surface area (Å²) in [6, 6.07) is 16.3. The minimum absolute atomic E-state index is 0.527. The van der Waals surface area contributed by atoms with E-state index >= 15 is 0 Å². The highest BCUT2D eigenvalue weighted by Crippen LogP contribution is 2.18. The van der Waals surface area contributed by atoms with Crippen LogP contribution < -0.4 is 15.0 Å². The molecule has 0 saturated carbocycles.